The van der Waals surface area contributed by atoms with E-state index in [1.54, 1.807) is 24.6 Å². The van der Waals surface area contributed by atoms with Crippen LogP contribution in [0.1, 0.15) is 16.1 Å². The molecule has 0 atom stereocenters. The predicted octanol–water partition coefficient (Wildman–Crippen LogP) is 0.994. The summed E-state index contributed by atoms with van der Waals surface area (Å²) in [5, 5.41) is 10.7. The van der Waals surface area contributed by atoms with Gasteiger partial charge in [-0.25, -0.2) is 0 Å². The molecule has 1 amide bonds. The number of aromatic nitrogens is 2. The summed E-state index contributed by atoms with van der Waals surface area (Å²) >= 11 is 1.60. The molecular weight excluding hydrogens is 224 g/mol. The number of carbonyl (C=O) groups is 1. The average molecular weight is 236 g/mol. The maximum Gasteiger partial charge on any atom is 0.274 e. The van der Waals surface area contributed by atoms with Crippen molar-refractivity contribution in [2.75, 3.05) is 5.73 Å². The summed E-state index contributed by atoms with van der Waals surface area (Å²) in [5.74, 6) is -0.246. The highest BCUT2D eigenvalue weighted by Crippen LogP contribution is 2.09. The van der Waals surface area contributed by atoms with Crippen LogP contribution in [0.5, 0.6) is 0 Å². The van der Waals surface area contributed by atoms with E-state index in [4.69, 9.17) is 5.73 Å². The molecule has 2 rings (SSSR count). The molecule has 0 aliphatic carbocycles. The SMILES string of the molecule is Cn1cc(N)c(C(=O)NCc2ccsc2)n1. The zero-order valence-electron chi connectivity index (χ0n) is 8.80. The number of rotatable bonds is 3. The number of carbonyl (C=O) groups excluding carboxylic acids is 1. The first-order valence-electron chi connectivity index (χ1n) is 4.75. The minimum Gasteiger partial charge on any atom is -0.396 e. The van der Waals surface area contributed by atoms with Crippen molar-refractivity contribution in [2.45, 2.75) is 6.54 Å². The van der Waals surface area contributed by atoms with Gasteiger partial charge in [0.05, 0.1) is 5.69 Å². The number of thiophene rings is 1. The number of amides is 1. The molecule has 0 unspecified atom stereocenters. The largest absolute Gasteiger partial charge is 0.396 e. The highest BCUT2D eigenvalue weighted by molar-refractivity contribution is 7.07. The molecule has 2 aromatic rings. The molecule has 0 radical (unpaired) electrons. The highest BCUT2D eigenvalue weighted by Gasteiger charge is 2.13. The first-order chi connectivity index (χ1) is 7.66. The summed E-state index contributed by atoms with van der Waals surface area (Å²) in [7, 11) is 1.73. The fourth-order valence-electron chi connectivity index (χ4n) is 1.34. The number of anilines is 1. The van der Waals surface area contributed by atoms with Crippen LogP contribution in [0.2, 0.25) is 0 Å². The molecule has 16 heavy (non-hydrogen) atoms. The van der Waals surface area contributed by atoms with Gasteiger partial charge in [0, 0.05) is 19.8 Å². The second-order valence-corrected chi connectivity index (χ2v) is 4.20. The van der Waals surface area contributed by atoms with Gasteiger partial charge in [-0.1, -0.05) is 0 Å². The topological polar surface area (TPSA) is 72.9 Å². The van der Waals surface area contributed by atoms with Crippen molar-refractivity contribution < 1.29 is 4.79 Å². The van der Waals surface area contributed by atoms with Crippen LogP contribution in [0, 0.1) is 0 Å². The van der Waals surface area contributed by atoms with Crippen LogP contribution in [0.25, 0.3) is 0 Å². The molecule has 0 saturated carbocycles. The van der Waals surface area contributed by atoms with Crippen LogP contribution < -0.4 is 11.1 Å². The third kappa shape index (κ3) is 2.22. The first kappa shape index (κ1) is 10.7. The second-order valence-electron chi connectivity index (χ2n) is 3.42. The van der Waals surface area contributed by atoms with Crippen molar-refractivity contribution in [3.05, 3.63) is 34.3 Å². The molecule has 2 heterocycles. The molecule has 0 aliphatic heterocycles. The molecule has 0 saturated heterocycles. The Kier molecular flexibility index (Phi) is 2.91. The van der Waals surface area contributed by atoms with Gasteiger partial charge in [-0.2, -0.15) is 16.4 Å². The number of hydrogen-bond donors (Lipinski definition) is 2. The van der Waals surface area contributed by atoms with E-state index in [1.807, 2.05) is 16.8 Å². The van der Waals surface area contributed by atoms with Crippen LogP contribution >= 0.6 is 11.3 Å². The van der Waals surface area contributed by atoms with Gasteiger partial charge in [-0.15, -0.1) is 0 Å². The maximum absolute atomic E-state index is 11.7. The van der Waals surface area contributed by atoms with E-state index in [0.29, 0.717) is 12.2 Å². The number of nitrogens with two attached hydrogens (primary N) is 1. The van der Waals surface area contributed by atoms with E-state index in [-0.39, 0.29) is 11.6 Å². The molecule has 3 N–H and O–H groups in total. The number of nitrogens with zero attached hydrogens (tertiary/aromatic N) is 2. The molecule has 0 aromatic carbocycles. The van der Waals surface area contributed by atoms with Crippen molar-refractivity contribution in [3.63, 3.8) is 0 Å². The summed E-state index contributed by atoms with van der Waals surface area (Å²) in [5.41, 5.74) is 7.40. The summed E-state index contributed by atoms with van der Waals surface area (Å²) in [6.07, 6.45) is 1.61. The first-order valence-corrected chi connectivity index (χ1v) is 5.69. The highest BCUT2D eigenvalue weighted by atomic mass is 32.1. The lowest BCUT2D eigenvalue weighted by atomic mass is 10.3. The smallest absolute Gasteiger partial charge is 0.274 e. The summed E-state index contributed by atoms with van der Waals surface area (Å²) < 4.78 is 1.52. The van der Waals surface area contributed by atoms with Crippen LogP contribution in [-0.2, 0) is 13.6 Å². The lowest BCUT2D eigenvalue weighted by molar-refractivity contribution is 0.0946. The quantitative estimate of drug-likeness (QED) is 0.834. The van der Waals surface area contributed by atoms with Gasteiger partial charge < -0.3 is 11.1 Å². The monoisotopic (exact) mass is 236 g/mol. The van der Waals surface area contributed by atoms with Gasteiger partial charge in [0.25, 0.3) is 5.91 Å². The average Bonchev–Trinajstić information content (AvgIpc) is 2.84. The Morgan fingerprint density at radius 1 is 1.69 bits per heavy atom. The zero-order valence-corrected chi connectivity index (χ0v) is 9.62. The van der Waals surface area contributed by atoms with Crippen molar-refractivity contribution in [2.24, 2.45) is 7.05 Å². The van der Waals surface area contributed by atoms with Gasteiger partial charge in [0.15, 0.2) is 5.69 Å². The van der Waals surface area contributed by atoms with Gasteiger partial charge in [0.1, 0.15) is 0 Å². The number of hydrogen-bond acceptors (Lipinski definition) is 4. The van der Waals surface area contributed by atoms with E-state index in [9.17, 15) is 4.79 Å². The van der Waals surface area contributed by atoms with Crippen molar-refractivity contribution >= 4 is 22.9 Å². The van der Waals surface area contributed by atoms with E-state index >= 15 is 0 Å². The molecule has 5 nitrogen and oxygen atoms in total. The molecule has 2 aromatic heterocycles. The fourth-order valence-corrected chi connectivity index (χ4v) is 2.01. The van der Waals surface area contributed by atoms with E-state index in [1.165, 1.54) is 4.68 Å². The van der Waals surface area contributed by atoms with Crippen molar-refractivity contribution in [1.29, 1.82) is 0 Å². The van der Waals surface area contributed by atoms with Gasteiger partial charge in [0.2, 0.25) is 0 Å². The Morgan fingerprint density at radius 3 is 3.06 bits per heavy atom. The molecule has 6 heteroatoms. The molecule has 0 fully saturated rings. The van der Waals surface area contributed by atoms with Crippen LogP contribution in [-0.4, -0.2) is 15.7 Å². The van der Waals surface area contributed by atoms with Crippen LogP contribution in [0.3, 0.4) is 0 Å². The molecule has 0 bridgehead atoms. The van der Waals surface area contributed by atoms with Crippen LogP contribution in [0.4, 0.5) is 5.69 Å². The molecule has 0 aliphatic rings. The Balaban J connectivity index is 2.01. The predicted molar refractivity (Wildman–Crippen MR) is 63.1 cm³/mol. The van der Waals surface area contributed by atoms with Crippen molar-refractivity contribution in [3.8, 4) is 0 Å². The second kappa shape index (κ2) is 4.36. The Morgan fingerprint density at radius 2 is 2.50 bits per heavy atom. The molecule has 84 valence electrons. The molecular formula is C10H12N4OS. The Bertz CT molecular complexity index is 489. The van der Waals surface area contributed by atoms with Crippen molar-refractivity contribution in [1.82, 2.24) is 15.1 Å². The lowest BCUT2D eigenvalue weighted by Gasteiger charge is -2.01. The minimum absolute atomic E-state index is 0.246. The van der Waals surface area contributed by atoms with E-state index in [2.05, 4.69) is 10.4 Å². The van der Waals surface area contributed by atoms with Gasteiger partial charge >= 0.3 is 0 Å². The van der Waals surface area contributed by atoms with Gasteiger partial charge in [-0.05, 0) is 22.4 Å². The summed E-state index contributed by atoms with van der Waals surface area (Å²) in [6.45, 7) is 0.498. The fraction of sp³-hybridized carbons (Fsp3) is 0.200. The minimum atomic E-state index is -0.246. The maximum atomic E-state index is 11.7. The lowest BCUT2D eigenvalue weighted by Crippen LogP contribution is -2.24. The Labute approximate surface area is 96.9 Å². The zero-order chi connectivity index (χ0) is 11.5. The summed E-state index contributed by atoms with van der Waals surface area (Å²) in [6, 6.07) is 1.97. The summed E-state index contributed by atoms with van der Waals surface area (Å²) in [4.78, 5) is 11.7. The normalized spacial score (nSPS) is 10.3. The van der Waals surface area contributed by atoms with E-state index in [0.717, 1.165) is 5.56 Å². The van der Waals surface area contributed by atoms with E-state index < -0.39 is 0 Å². The third-order valence-electron chi connectivity index (χ3n) is 2.11. The standard InChI is InChI=1S/C10H12N4OS/c1-14-5-8(11)9(13-14)10(15)12-4-7-2-3-16-6-7/h2-3,5-6H,4,11H2,1H3,(H,12,15). The molecule has 0 spiro atoms. The number of nitrogens with one attached hydrogen (secondary N) is 1. The number of nitrogen functional groups attached to an aromatic ring is 1. The van der Waals surface area contributed by atoms with Crippen LogP contribution in [0.15, 0.2) is 23.0 Å². The number of aryl methyl sites for hydroxylation is 1. The Hall–Kier alpha value is -1.82. The van der Waals surface area contributed by atoms with Gasteiger partial charge in [-0.3, -0.25) is 9.48 Å². The third-order valence-corrected chi connectivity index (χ3v) is 2.84.